The van der Waals surface area contributed by atoms with Crippen molar-refractivity contribution in [3.63, 3.8) is 0 Å². The molecule has 6 heteroatoms. The van der Waals surface area contributed by atoms with Gasteiger partial charge in [-0.15, -0.1) is 0 Å². The zero-order chi connectivity index (χ0) is 18.5. The third kappa shape index (κ3) is 3.70. The first kappa shape index (κ1) is 19.4. The van der Waals surface area contributed by atoms with Crippen molar-refractivity contribution in [2.45, 2.75) is 32.9 Å². The molecule has 0 unspecified atom stereocenters. The van der Waals surface area contributed by atoms with E-state index in [1.807, 2.05) is 57.2 Å². The Hall–Kier alpha value is -1.33. The summed E-state index contributed by atoms with van der Waals surface area (Å²) in [4.78, 5) is 0. The van der Waals surface area contributed by atoms with Gasteiger partial charge >= 0.3 is 155 Å². The van der Waals surface area contributed by atoms with Gasteiger partial charge in [0.25, 0.3) is 0 Å². The Labute approximate surface area is 155 Å². The van der Waals surface area contributed by atoms with E-state index in [1.54, 1.807) is 0 Å². The molecule has 2 atom stereocenters. The Morgan fingerprint density at radius 3 is 1.69 bits per heavy atom. The van der Waals surface area contributed by atoms with Crippen LogP contribution in [0.3, 0.4) is 0 Å². The zero-order valence-electron chi connectivity index (χ0n) is 15.6. The Morgan fingerprint density at radius 1 is 0.769 bits per heavy atom. The van der Waals surface area contributed by atoms with Gasteiger partial charge in [0.15, 0.2) is 0 Å². The number of nitrogens with one attached hydrogen (secondary N) is 1. The Balaban J connectivity index is 2.09. The van der Waals surface area contributed by atoms with Crippen LogP contribution in [-0.2, 0) is 18.1 Å². The second-order valence-corrected chi connectivity index (χ2v) is 8.89. The molecule has 2 aromatic rings. The van der Waals surface area contributed by atoms with E-state index in [1.165, 1.54) is 0 Å². The summed E-state index contributed by atoms with van der Waals surface area (Å²) < 4.78 is 24.9. The summed E-state index contributed by atoms with van der Waals surface area (Å²) in [5.41, 5.74) is 2.16. The van der Waals surface area contributed by atoms with Crippen molar-refractivity contribution in [2.24, 2.45) is 0 Å². The van der Waals surface area contributed by atoms with E-state index < -0.39 is 7.66 Å². The van der Waals surface area contributed by atoms with Crippen LogP contribution < -0.4 is 5.09 Å². The fourth-order valence-electron chi connectivity index (χ4n) is 3.37. The van der Waals surface area contributed by atoms with Crippen molar-refractivity contribution in [3.05, 3.63) is 71.8 Å². The van der Waals surface area contributed by atoms with Gasteiger partial charge in [-0.05, 0) is 0 Å². The van der Waals surface area contributed by atoms with Crippen LogP contribution in [0.25, 0.3) is 0 Å². The molecule has 1 saturated heterocycles. The third-order valence-electron chi connectivity index (χ3n) is 4.29. The summed E-state index contributed by atoms with van der Waals surface area (Å²) in [6.45, 7) is 7.04. The van der Waals surface area contributed by atoms with Gasteiger partial charge in [0.2, 0.25) is 0 Å². The Morgan fingerprint density at radius 2 is 1.23 bits per heavy atom. The average molecular weight is 377 g/mol. The molecular formula is C20H28NO4P. The van der Waals surface area contributed by atoms with Crippen LogP contribution in [0.15, 0.2) is 60.7 Å². The molecule has 1 heterocycles. The normalized spacial score (nSPS) is 25.4. The number of hydrogen-bond acceptors (Lipinski definition) is 5. The van der Waals surface area contributed by atoms with Crippen molar-refractivity contribution in [3.8, 4) is 0 Å². The van der Waals surface area contributed by atoms with Crippen LogP contribution in [0.2, 0.25) is 0 Å². The summed E-state index contributed by atoms with van der Waals surface area (Å²) in [7, 11) is -3.92. The topological polar surface area (TPSA) is 49.0 Å². The first-order valence-electron chi connectivity index (χ1n) is 9.20. The summed E-state index contributed by atoms with van der Waals surface area (Å²) in [6.07, 6.45) is -0.277. The SMILES string of the molecule is CCOP1(OCC)(OCC)N[C@@H](c2ccccc2)[C@@H](c2ccccc2)O1. The van der Waals surface area contributed by atoms with E-state index in [9.17, 15) is 0 Å². The zero-order valence-corrected chi connectivity index (χ0v) is 16.5. The number of benzene rings is 2. The molecule has 142 valence electrons. The standard InChI is InChI=1S/C20H28NO4P/c1-4-22-26(23-5-2,24-6-3)21-19(17-13-9-7-10-14-17)20(25-26)18-15-11-8-12-16-18/h7-16,19-21H,4-6H2,1-3H3/t19-,20+/m0/s1. The monoisotopic (exact) mass is 377 g/mol. The molecule has 0 radical (unpaired) electrons. The van der Waals surface area contributed by atoms with Crippen LogP contribution >= 0.6 is 7.66 Å². The molecule has 1 aliphatic heterocycles. The van der Waals surface area contributed by atoms with E-state index in [-0.39, 0.29) is 12.1 Å². The first-order valence-corrected chi connectivity index (χ1v) is 11.1. The van der Waals surface area contributed by atoms with Crippen molar-refractivity contribution in [2.75, 3.05) is 19.8 Å². The van der Waals surface area contributed by atoms with Gasteiger partial charge in [-0.2, -0.15) is 0 Å². The Bertz CT molecular complexity index is 626. The van der Waals surface area contributed by atoms with Gasteiger partial charge in [-0.3, -0.25) is 0 Å². The van der Waals surface area contributed by atoms with E-state index in [0.29, 0.717) is 19.8 Å². The molecule has 26 heavy (non-hydrogen) atoms. The van der Waals surface area contributed by atoms with Gasteiger partial charge in [0, 0.05) is 0 Å². The quantitative estimate of drug-likeness (QED) is 0.631. The molecule has 3 rings (SSSR count). The van der Waals surface area contributed by atoms with Gasteiger partial charge in [-0.25, -0.2) is 0 Å². The first-order chi connectivity index (χ1) is 12.7. The summed E-state index contributed by atoms with van der Waals surface area (Å²) in [5, 5.41) is 3.53. The summed E-state index contributed by atoms with van der Waals surface area (Å²) in [5.74, 6) is 0. The third-order valence-corrected chi connectivity index (χ3v) is 7.69. The van der Waals surface area contributed by atoms with E-state index in [0.717, 1.165) is 11.1 Å². The molecule has 0 amide bonds. The minimum absolute atomic E-state index is 0.138. The molecule has 0 spiro atoms. The van der Waals surface area contributed by atoms with Crippen molar-refractivity contribution in [1.29, 1.82) is 0 Å². The van der Waals surface area contributed by atoms with Crippen LogP contribution in [0.1, 0.15) is 44.0 Å². The molecule has 0 bridgehead atoms. The van der Waals surface area contributed by atoms with Crippen molar-refractivity contribution in [1.82, 2.24) is 5.09 Å². The van der Waals surface area contributed by atoms with Gasteiger partial charge in [-0.1, -0.05) is 0 Å². The van der Waals surface area contributed by atoms with Crippen LogP contribution in [-0.4, -0.2) is 19.8 Å². The molecule has 1 fully saturated rings. The molecular weight excluding hydrogens is 349 g/mol. The summed E-state index contributed by atoms with van der Waals surface area (Å²) in [6, 6.07) is 20.2. The van der Waals surface area contributed by atoms with Gasteiger partial charge in [0.1, 0.15) is 0 Å². The Kier molecular flexibility index (Phi) is 6.08. The fourth-order valence-corrected chi connectivity index (χ4v) is 6.77. The van der Waals surface area contributed by atoms with Crippen molar-refractivity contribution >= 4 is 7.66 Å². The molecule has 0 aliphatic carbocycles. The minimum atomic E-state index is -3.92. The molecule has 1 N–H and O–H groups in total. The predicted octanol–water partition coefficient (Wildman–Crippen LogP) is 5.33. The average Bonchev–Trinajstić information content (AvgIpc) is 3.00. The van der Waals surface area contributed by atoms with Crippen LogP contribution in [0.5, 0.6) is 0 Å². The van der Waals surface area contributed by atoms with Crippen LogP contribution in [0.4, 0.5) is 0 Å². The predicted molar refractivity (Wildman–Crippen MR) is 104 cm³/mol. The maximum atomic E-state index is 6.56. The van der Waals surface area contributed by atoms with Gasteiger partial charge in [0.05, 0.1) is 0 Å². The molecule has 1 aliphatic rings. The van der Waals surface area contributed by atoms with Crippen molar-refractivity contribution < 1.29 is 18.1 Å². The second-order valence-electron chi connectivity index (χ2n) is 6.02. The molecule has 2 aromatic carbocycles. The molecule has 0 saturated carbocycles. The molecule has 5 nitrogen and oxygen atoms in total. The van der Waals surface area contributed by atoms with E-state index >= 15 is 0 Å². The van der Waals surface area contributed by atoms with E-state index in [2.05, 4.69) is 29.4 Å². The molecule has 0 aromatic heterocycles. The number of rotatable bonds is 8. The number of hydrogen-bond donors (Lipinski definition) is 1. The fraction of sp³-hybridized carbons (Fsp3) is 0.400. The maximum absolute atomic E-state index is 6.56. The van der Waals surface area contributed by atoms with E-state index in [4.69, 9.17) is 18.1 Å². The second kappa shape index (κ2) is 8.13. The van der Waals surface area contributed by atoms with Gasteiger partial charge < -0.3 is 0 Å². The summed E-state index contributed by atoms with van der Waals surface area (Å²) >= 11 is 0. The van der Waals surface area contributed by atoms with Crippen LogP contribution in [0, 0.1) is 0 Å².